The number of fused-ring (bicyclic) bond motifs is 1. The van der Waals surface area contributed by atoms with Gasteiger partial charge in [-0.1, -0.05) is 48.5 Å². The molecule has 30 heavy (non-hydrogen) atoms. The topological polar surface area (TPSA) is 50.4 Å². The molecule has 0 unspecified atom stereocenters. The van der Waals surface area contributed by atoms with Gasteiger partial charge in [-0.05, 0) is 70.5 Å². The molecule has 0 aliphatic heterocycles. The van der Waals surface area contributed by atoms with Gasteiger partial charge in [0.1, 0.15) is 5.75 Å². The predicted molar refractivity (Wildman–Crippen MR) is 126 cm³/mol. The molecule has 1 aliphatic rings. The number of carbonyl (C=O) groups excluding carboxylic acids is 1. The van der Waals surface area contributed by atoms with Gasteiger partial charge in [0.25, 0.3) is 5.91 Å². The van der Waals surface area contributed by atoms with E-state index in [2.05, 4.69) is 34.9 Å². The monoisotopic (exact) mass is 412 g/mol. The summed E-state index contributed by atoms with van der Waals surface area (Å²) in [5.74, 6) is 0.209. The van der Waals surface area contributed by atoms with Crippen molar-refractivity contribution in [3.63, 3.8) is 0 Å². The van der Waals surface area contributed by atoms with Crippen LogP contribution >= 0.6 is 12.2 Å². The number of hydrogen-bond donors (Lipinski definition) is 2. The van der Waals surface area contributed by atoms with Gasteiger partial charge in [0.15, 0.2) is 5.11 Å². The van der Waals surface area contributed by atoms with E-state index in [0.29, 0.717) is 11.3 Å². The Labute approximate surface area is 179 Å². The molecule has 0 bridgehead atoms. The summed E-state index contributed by atoms with van der Waals surface area (Å²) in [6.45, 7) is 0. The number of carbonyl (C=O) groups is 1. The maximum atomic E-state index is 12.9. The maximum absolute atomic E-state index is 12.9. The normalized spacial score (nSPS) is 12.2. The molecule has 5 heteroatoms. The van der Waals surface area contributed by atoms with Crippen LogP contribution in [0.4, 0.5) is 5.69 Å². The number of methoxy groups -OCH3 is 1. The fourth-order valence-corrected chi connectivity index (χ4v) is 4.45. The van der Waals surface area contributed by atoms with Crippen LogP contribution in [0.5, 0.6) is 5.75 Å². The van der Waals surface area contributed by atoms with Crippen molar-refractivity contribution in [2.75, 3.05) is 12.4 Å². The molecule has 0 atom stereocenters. The highest BCUT2D eigenvalue weighted by Gasteiger charge is 2.18. The molecule has 0 spiro atoms. The van der Waals surface area contributed by atoms with Gasteiger partial charge in [-0.2, -0.15) is 0 Å². The van der Waals surface area contributed by atoms with Crippen molar-refractivity contribution < 1.29 is 9.53 Å². The zero-order valence-corrected chi connectivity index (χ0v) is 17.3. The van der Waals surface area contributed by atoms with E-state index in [1.807, 2.05) is 42.5 Å². The number of thiocarbonyl (C=S) groups is 1. The minimum atomic E-state index is -0.305. The van der Waals surface area contributed by atoms with Crippen molar-refractivity contribution in [2.24, 2.45) is 0 Å². The summed E-state index contributed by atoms with van der Waals surface area (Å²) in [7, 11) is 1.56. The molecule has 4 aromatic rings. The predicted octanol–water partition coefficient (Wildman–Crippen LogP) is 5.23. The molecule has 4 aromatic carbocycles. The molecule has 1 amide bonds. The van der Waals surface area contributed by atoms with Crippen LogP contribution in [0.25, 0.3) is 21.5 Å². The molecule has 0 aromatic heterocycles. The van der Waals surface area contributed by atoms with Gasteiger partial charge in [-0.3, -0.25) is 10.1 Å². The lowest BCUT2D eigenvalue weighted by atomic mass is 10.0. The largest absolute Gasteiger partial charge is 0.496 e. The van der Waals surface area contributed by atoms with E-state index in [0.717, 1.165) is 34.7 Å². The first-order valence-corrected chi connectivity index (χ1v) is 10.3. The Morgan fingerprint density at radius 2 is 1.67 bits per heavy atom. The van der Waals surface area contributed by atoms with Gasteiger partial charge in [-0.25, -0.2) is 0 Å². The smallest absolute Gasteiger partial charge is 0.261 e. The second-order valence-electron chi connectivity index (χ2n) is 7.42. The number of amides is 1. The van der Waals surface area contributed by atoms with E-state index >= 15 is 0 Å². The summed E-state index contributed by atoms with van der Waals surface area (Å²) in [5, 5.41) is 10.7. The molecule has 5 rings (SSSR count). The van der Waals surface area contributed by atoms with Gasteiger partial charge in [0, 0.05) is 11.1 Å². The van der Waals surface area contributed by atoms with Crippen LogP contribution < -0.4 is 15.4 Å². The Morgan fingerprint density at radius 3 is 2.43 bits per heavy atom. The fourth-order valence-electron chi connectivity index (χ4n) is 4.25. The third-order valence-electron chi connectivity index (χ3n) is 5.66. The molecular weight excluding hydrogens is 392 g/mol. The summed E-state index contributed by atoms with van der Waals surface area (Å²) in [5.41, 5.74) is 4.07. The van der Waals surface area contributed by atoms with Gasteiger partial charge < -0.3 is 10.1 Å². The first-order valence-electron chi connectivity index (χ1n) is 9.86. The zero-order valence-electron chi connectivity index (χ0n) is 16.5. The van der Waals surface area contributed by atoms with Crippen molar-refractivity contribution in [1.29, 1.82) is 0 Å². The quantitative estimate of drug-likeness (QED) is 0.453. The summed E-state index contributed by atoms with van der Waals surface area (Å²) in [4.78, 5) is 12.9. The van der Waals surface area contributed by atoms with E-state index < -0.39 is 0 Å². The minimum absolute atomic E-state index is 0.258. The number of aryl methyl sites for hydroxylation is 2. The number of ether oxygens (including phenoxy) is 1. The van der Waals surface area contributed by atoms with E-state index in [1.54, 1.807) is 7.11 Å². The molecule has 0 saturated heterocycles. The van der Waals surface area contributed by atoms with Crippen molar-refractivity contribution in [2.45, 2.75) is 12.8 Å². The van der Waals surface area contributed by atoms with Crippen molar-refractivity contribution in [3.8, 4) is 5.75 Å². The van der Waals surface area contributed by atoms with Crippen molar-refractivity contribution >= 4 is 50.5 Å². The summed E-state index contributed by atoms with van der Waals surface area (Å²) in [6, 6.07) is 22.0. The number of hydrogen-bond acceptors (Lipinski definition) is 3. The standard InChI is InChI=1S/C25H20N2O2S/c1-29-22-14-18-6-3-2-5-17(18)13-20(22)24(28)27-25(30)26-21-12-11-16-10-9-15-7-4-8-19(21)23(15)16/h2-8,11-14H,9-10H2,1H3,(H2,26,27,28,30). The lowest BCUT2D eigenvalue weighted by molar-refractivity contribution is 0.0975. The summed E-state index contributed by atoms with van der Waals surface area (Å²) in [6.07, 6.45) is 2.14. The highest BCUT2D eigenvalue weighted by atomic mass is 32.1. The van der Waals surface area contributed by atoms with E-state index in [4.69, 9.17) is 17.0 Å². The number of nitrogens with one attached hydrogen (secondary N) is 2. The molecule has 0 radical (unpaired) electrons. The molecule has 1 aliphatic carbocycles. The van der Waals surface area contributed by atoms with Crippen LogP contribution in [0.3, 0.4) is 0 Å². The van der Waals surface area contributed by atoms with E-state index in [1.165, 1.54) is 16.5 Å². The average Bonchev–Trinajstić information content (AvgIpc) is 3.19. The molecule has 0 fully saturated rings. The second kappa shape index (κ2) is 7.43. The molecule has 4 nitrogen and oxygen atoms in total. The second-order valence-corrected chi connectivity index (χ2v) is 7.83. The molecule has 0 saturated carbocycles. The molecule has 0 heterocycles. The Balaban J connectivity index is 1.41. The fraction of sp³-hybridized carbons (Fsp3) is 0.120. The molecule has 2 N–H and O–H groups in total. The SMILES string of the molecule is COc1cc2ccccc2cc1C(=O)NC(=S)Nc1ccc2c3c(cccc13)CC2. The van der Waals surface area contributed by atoms with Crippen molar-refractivity contribution in [1.82, 2.24) is 5.32 Å². The molecule has 148 valence electrons. The van der Waals surface area contributed by atoms with Crippen LogP contribution in [0.15, 0.2) is 66.7 Å². The van der Waals surface area contributed by atoms with Crippen molar-refractivity contribution in [3.05, 3.63) is 83.4 Å². The molecular formula is C25H20N2O2S. The number of anilines is 1. The van der Waals surface area contributed by atoms with Crippen LogP contribution in [0.2, 0.25) is 0 Å². The highest BCUT2D eigenvalue weighted by Crippen LogP contribution is 2.35. The summed E-state index contributed by atoms with van der Waals surface area (Å²) < 4.78 is 5.44. The summed E-state index contributed by atoms with van der Waals surface area (Å²) >= 11 is 5.45. The Kier molecular flexibility index (Phi) is 4.60. The van der Waals surface area contributed by atoms with E-state index in [9.17, 15) is 4.79 Å². The minimum Gasteiger partial charge on any atom is -0.496 e. The average molecular weight is 413 g/mol. The van der Waals surface area contributed by atoms with Crippen LogP contribution in [-0.2, 0) is 12.8 Å². The van der Waals surface area contributed by atoms with E-state index in [-0.39, 0.29) is 11.0 Å². The number of benzene rings is 4. The lowest BCUT2D eigenvalue weighted by Crippen LogP contribution is -2.34. The maximum Gasteiger partial charge on any atom is 0.261 e. The van der Waals surface area contributed by atoms with Gasteiger partial charge in [0.05, 0.1) is 12.7 Å². The number of rotatable bonds is 3. The Bertz CT molecular complexity index is 1320. The first kappa shape index (κ1) is 18.6. The Hall–Kier alpha value is -3.44. The van der Waals surface area contributed by atoms with Gasteiger partial charge in [-0.15, -0.1) is 0 Å². The van der Waals surface area contributed by atoms with Crippen LogP contribution in [0, 0.1) is 0 Å². The van der Waals surface area contributed by atoms with Gasteiger partial charge >= 0.3 is 0 Å². The zero-order chi connectivity index (χ0) is 20.7. The lowest BCUT2D eigenvalue weighted by Gasteiger charge is -2.14. The third kappa shape index (κ3) is 3.17. The Morgan fingerprint density at radius 1 is 0.933 bits per heavy atom. The third-order valence-corrected chi connectivity index (χ3v) is 5.87. The first-order chi connectivity index (χ1) is 14.6. The van der Waals surface area contributed by atoms with Crippen LogP contribution in [-0.4, -0.2) is 18.1 Å². The van der Waals surface area contributed by atoms with Gasteiger partial charge in [0.2, 0.25) is 0 Å². The van der Waals surface area contributed by atoms with Crippen LogP contribution in [0.1, 0.15) is 21.5 Å². The highest BCUT2D eigenvalue weighted by molar-refractivity contribution is 7.80.